The van der Waals surface area contributed by atoms with Crippen LogP contribution in [0.2, 0.25) is 5.02 Å². The van der Waals surface area contributed by atoms with E-state index in [1.807, 2.05) is 0 Å². The molecule has 2 heterocycles. The normalized spacial score (nSPS) is 15.4. The van der Waals surface area contributed by atoms with Gasteiger partial charge in [-0.3, -0.25) is 0 Å². The molecule has 1 aliphatic heterocycles. The van der Waals surface area contributed by atoms with Crippen LogP contribution in [0, 0.1) is 0 Å². The molecule has 0 spiro atoms. The number of ether oxygens (including phenoxy) is 2. The molecule has 1 aromatic heterocycles. The first-order valence-corrected chi connectivity index (χ1v) is 8.25. The molecule has 0 saturated carbocycles. The highest BCUT2D eigenvalue weighted by Crippen LogP contribution is 2.34. The van der Waals surface area contributed by atoms with Gasteiger partial charge in [0.15, 0.2) is 11.5 Å². The second-order valence-electron chi connectivity index (χ2n) is 5.71. The monoisotopic (exact) mass is 411 g/mol. The number of hydrogen-bond donors (Lipinski definition) is 1. The van der Waals surface area contributed by atoms with E-state index in [9.17, 15) is 13.2 Å². The predicted molar refractivity (Wildman–Crippen MR) is 93.3 cm³/mol. The number of hydrogen-bond acceptors (Lipinski definition) is 4. The Morgan fingerprint density at radius 3 is 2.50 bits per heavy atom. The lowest BCUT2D eigenvalue weighted by atomic mass is 10.1. The summed E-state index contributed by atoms with van der Waals surface area (Å²) in [5.74, 6) is -0.0848. The maximum atomic E-state index is 12.6. The summed E-state index contributed by atoms with van der Waals surface area (Å²) in [6.45, 7) is 1.60. The second-order valence-corrected chi connectivity index (χ2v) is 6.15. The summed E-state index contributed by atoms with van der Waals surface area (Å²) in [6, 6.07) is 7.03. The summed E-state index contributed by atoms with van der Waals surface area (Å²) < 4.78 is 54.0. The minimum atomic E-state index is -4.51. The van der Waals surface area contributed by atoms with Crippen LogP contribution in [0.1, 0.15) is 24.4 Å². The fourth-order valence-electron chi connectivity index (χ4n) is 2.54. The maximum absolute atomic E-state index is 12.6. The number of benzene rings is 1. The molecule has 0 aliphatic carbocycles. The molecule has 1 aromatic carbocycles. The molecule has 4 nitrogen and oxygen atoms in total. The molecule has 0 atom stereocenters. The summed E-state index contributed by atoms with van der Waals surface area (Å²) in [5.41, 5.74) is 0. The standard InChI is InChI=1S/C17H17ClF3NO3.ClH/c18-11-1-3-14(15(9-11)24-12-5-7-22-8-6-12)23-10-13-2-4-16(25-13)17(19,20)21;/h1-4,9,12,22H,5-8,10H2;1H. The van der Waals surface area contributed by atoms with E-state index in [0.29, 0.717) is 16.5 Å². The van der Waals surface area contributed by atoms with Crippen molar-refractivity contribution in [3.63, 3.8) is 0 Å². The van der Waals surface area contributed by atoms with E-state index in [1.165, 1.54) is 6.07 Å². The molecular formula is C17H18Cl2F3NO3. The van der Waals surface area contributed by atoms with E-state index in [0.717, 1.165) is 32.0 Å². The highest BCUT2D eigenvalue weighted by molar-refractivity contribution is 6.30. The number of halogens is 5. The van der Waals surface area contributed by atoms with Crippen molar-refractivity contribution in [2.24, 2.45) is 0 Å². The maximum Gasteiger partial charge on any atom is 0.449 e. The van der Waals surface area contributed by atoms with Crippen LogP contribution in [-0.4, -0.2) is 19.2 Å². The zero-order valence-electron chi connectivity index (χ0n) is 13.6. The van der Waals surface area contributed by atoms with Gasteiger partial charge in [-0.25, -0.2) is 0 Å². The zero-order chi connectivity index (χ0) is 17.9. The first kappa shape index (κ1) is 20.7. The van der Waals surface area contributed by atoms with Crippen molar-refractivity contribution in [2.45, 2.75) is 31.7 Å². The fourth-order valence-corrected chi connectivity index (χ4v) is 2.70. The van der Waals surface area contributed by atoms with E-state index >= 15 is 0 Å². The molecule has 1 N–H and O–H groups in total. The average molecular weight is 412 g/mol. The van der Waals surface area contributed by atoms with E-state index in [-0.39, 0.29) is 30.9 Å². The van der Waals surface area contributed by atoms with Gasteiger partial charge in [0.25, 0.3) is 0 Å². The number of nitrogens with one attached hydrogen (secondary N) is 1. The van der Waals surface area contributed by atoms with Gasteiger partial charge in [-0.1, -0.05) is 11.6 Å². The third-order valence-electron chi connectivity index (χ3n) is 3.80. The van der Waals surface area contributed by atoms with Crippen LogP contribution in [-0.2, 0) is 12.8 Å². The number of furan rings is 1. The van der Waals surface area contributed by atoms with Crippen molar-refractivity contribution >= 4 is 24.0 Å². The highest BCUT2D eigenvalue weighted by atomic mass is 35.5. The highest BCUT2D eigenvalue weighted by Gasteiger charge is 2.34. The van der Waals surface area contributed by atoms with Crippen LogP contribution in [0.5, 0.6) is 11.5 Å². The summed E-state index contributed by atoms with van der Waals surface area (Å²) in [5, 5.41) is 3.74. The average Bonchev–Trinajstić information content (AvgIpc) is 3.04. The van der Waals surface area contributed by atoms with Crippen LogP contribution in [0.3, 0.4) is 0 Å². The van der Waals surface area contributed by atoms with Crippen LogP contribution >= 0.6 is 24.0 Å². The van der Waals surface area contributed by atoms with Crippen molar-refractivity contribution in [1.29, 1.82) is 0 Å². The van der Waals surface area contributed by atoms with Gasteiger partial charge in [0, 0.05) is 11.1 Å². The molecule has 26 heavy (non-hydrogen) atoms. The SMILES string of the molecule is Cl.FC(F)(F)c1ccc(COc2ccc(Cl)cc2OC2CCNCC2)o1. The molecule has 1 fully saturated rings. The van der Waals surface area contributed by atoms with Gasteiger partial charge in [0.05, 0.1) is 0 Å². The largest absolute Gasteiger partial charge is 0.486 e. The molecule has 0 amide bonds. The lowest BCUT2D eigenvalue weighted by Gasteiger charge is -2.25. The minimum absolute atomic E-state index is 0. The van der Waals surface area contributed by atoms with E-state index in [4.69, 9.17) is 25.5 Å². The molecular weight excluding hydrogens is 394 g/mol. The van der Waals surface area contributed by atoms with Gasteiger partial charge < -0.3 is 19.2 Å². The molecule has 1 aliphatic rings. The minimum Gasteiger partial charge on any atom is -0.486 e. The number of piperidine rings is 1. The van der Waals surface area contributed by atoms with Crippen molar-refractivity contribution in [3.8, 4) is 11.5 Å². The Hall–Kier alpha value is -1.57. The summed E-state index contributed by atoms with van der Waals surface area (Å²) in [4.78, 5) is 0. The van der Waals surface area contributed by atoms with Gasteiger partial charge in [-0.15, -0.1) is 12.4 Å². The van der Waals surface area contributed by atoms with Crippen molar-refractivity contribution < 1.29 is 27.1 Å². The Kier molecular flexibility index (Phi) is 7.08. The van der Waals surface area contributed by atoms with Gasteiger partial charge >= 0.3 is 6.18 Å². The van der Waals surface area contributed by atoms with Crippen molar-refractivity contribution in [1.82, 2.24) is 5.32 Å². The number of rotatable bonds is 5. The molecule has 3 rings (SSSR count). The van der Waals surface area contributed by atoms with Gasteiger partial charge in [0.1, 0.15) is 18.5 Å². The molecule has 1 saturated heterocycles. The lowest BCUT2D eigenvalue weighted by Crippen LogP contribution is -2.34. The smallest absolute Gasteiger partial charge is 0.449 e. The first-order chi connectivity index (χ1) is 11.9. The summed E-state index contributed by atoms with van der Waals surface area (Å²) in [6.07, 6.45) is -2.75. The van der Waals surface area contributed by atoms with Crippen LogP contribution in [0.15, 0.2) is 34.7 Å². The van der Waals surface area contributed by atoms with Gasteiger partial charge in [-0.2, -0.15) is 13.2 Å². The van der Waals surface area contributed by atoms with E-state index in [1.54, 1.807) is 18.2 Å². The van der Waals surface area contributed by atoms with Crippen LogP contribution in [0.25, 0.3) is 0 Å². The second kappa shape index (κ2) is 8.88. The Balaban J connectivity index is 0.00000243. The predicted octanol–water partition coefficient (Wildman–Crippen LogP) is 5.08. The Morgan fingerprint density at radius 1 is 1.12 bits per heavy atom. The molecule has 0 radical (unpaired) electrons. The molecule has 0 bridgehead atoms. The summed E-state index contributed by atoms with van der Waals surface area (Å²) in [7, 11) is 0. The topological polar surface area (TPSA) is 43.6 Å². The van der Waals surface area contributed by atoms with E-state index in [2.05, 4.69) is 5.32 Å². The third-order valence-corrected chi connectivity index (χ3v) is 4.03. The Labute approximate surface area is 160 Å². The lowest BCUT2D eigenvalue weighted by molar-refractivity contribution is -0.153. The Morgan fingerprint density at radius 2 is 1.85 bits per heavy atom. The van der Waals surface area contributed by atoms with Crippen LogP contribution in [0.4, 0.5) is 13.2 Å². The molecule has 2 aromatic rings. The zero-order valence-corrected chi connectivity index (χ0v) is 15.2. The molecule has 0 unspecified atom stereocenters. The third kappa shape index (κ3) is 5.46. The van der Waals surface area contributed by atoms with Crippen molar-refractivity contribution in [2.75, 3.05) is 13.1 Å². The van der Waals surface area contributed by atoms with Crippen molar-refractivity contribution in [3.05, 3.63) is 46.9 Å². The Bertz CT molecular complexity index is 716. The first-order valence-electron chi connectivity index (χ1n) is 7.87. The van der Waals surface area contributed by atoms with Gasteiger partial charge in [-0.05, 0) is 50.2 Å². The van der Waals surface area contributed by atoms with Gasteiger partial charge in [0.2, 0.25) is 5.76 Å². The quantitative estimate of drug-likeness (QED) is 0.744. The summed E-state index contributed by atoms with van der Waals surface area (Å²) >= 11 is 6.01. The molecule has 144 valence electrons. The molecule has 9 heteroatoms. The van der Waals surface area contributed by atoms with Crippen LogP contribution < -0.4 is 14.8 Å². The fraction of sp³-hybridized carbons (Fsp3) is 0.412. The number of alkyl halides is 3. The van der Waals surface area contributed by atoms with E-state index < -0.39 is 11.9 Å².